The largest absolute Gasteiger partial charge is 0.370 e. The fourth-order valence-electron chi connectivity index (χ4n) is 1.83. The van der Waals surface area contributed by atoms with Crippen LogP contribution in [0, 0.1) is 6.92 Å². The average Bonchev–Trinajstić information content (AvgIpc) is 2.37. The van der Waals surface area contributed by atoms with E-state index in [0.717, 1.165) is 12.2 Å². The van der Waals surface area contributed by atoms with Crippen LogP contribution in [0.1, 0.15) is 43.7 Å². The molecular weight excluding hydrogens is 268 g/mol. The maximum atomic E-state index is 12.2. The van der Waals surface area contributed by atoms with E-state index in [0.29, 0.717) is 11.4 Å². The van der Waals surface area contributed by atoms with E-state index in [-0.39, 0.29) is 17.9 Å². The first-order valence-corrected chi connectivity index (χ1v) is 7.17. The average molecular weight is 292 g/mol. The van der Waals surface area contributed by atoms with Crippen molar-refractivity contribution < 1.29 is 9.59 Å². The molecule has 6 heteroatoms. The molecule has 1 atom stereocenters. The van der Waals surface area contributed by atoms with Crippen molar-refractivity contribution in [3.8, 4) is 0 Å². The summed E-state index contributed by atoms with van der Waals surface area (Å²) in [5.41, 5.74) is 1.24. The van der Waals surface area contributed by atoms with Crippen LogP contribution in [0.5, 0.6) is 0 Å². The molecule has 0 fully saturated rings. The Kier molecular flexibility index (Phi) is 6.14. The molecule has 0 spiro atoms. The summed E-state index contributed by atoms with van der Waals surface area (Å²) in [6, 6.07) is 2.83. The Balaban J connectivity index is 2.77. The first-order valence-electron chi connectivity index (χ1n) is 7.17. The maximum absolute atomic E-state index is 12.2. The summed E-state index contributed by atoms with van der Waals surface area (Å²) in [5.74, 6) is 0.170. The Bertz CT molecular complexity index is 514. The van der Waals surface area contributed by atoms with Crippen molar-refractivity contribution in [3.63, 3.8) is 0 Å². The Morgan fingerprint density at radius 3 is 2.43 bits per heavy atom. The van der Waals surface area contributed by atoms with E-state index in [4.69, 9.17) is 0 Å². The molecule has 1 aromatic rings. The fourth-order valence-corrected chi connectivity index (χ4v) is 1.83. The Morgan fingerprint density at radius 2 is 1.86 bits per heavy atom. The Hall–Kier alpha value is -2.11. The summed E-state index contributed by atoms with van der Waals surface area (Å²) in [5, 5.41) is 8.53. The van der Waals surface area contributed by atoms with Gasteiger partial charge >= 0.3 is 0 Å². The summed E-state index contributed by atoms with van der Waals surface area (Å²) in [4.78, 5) is 28.3. The van der Waals surface area contributed by atoms with Crippen LogP contribution in [0.3, 0.4) is 0 Å². The molecule has 0 radical (unpaired) electrons. The zero-order valence-electron chi connectivity index (χ0n) is 13.3. The van der Waals surface area contributed by atoms with Gasteiger partial charge in [0.05, 0.1) is 0 Å². The predicted octanol–water partition coefficient (Wildman–Crippen LogP) is 1.46. The third kappa shape index (κ3) is 5.41. The molecule has 0 saturated carbocycles. The molecule has 2 amide bonds. The number of aryl methyl sites for hydroxylation is 1. The van der Waals surface area contributed by atoms with Crippen LogP contribution in [0.25, 0.3) is 0 Å². The lowest BCUT2D eigenvalue weighted by Gasteiger charge is -2.16. The smallest absolute Gasteiger partial charge is 0.252 e. The highest BCUT2D eigenvalue weighted by atomic mass is 16.2. The van der Waals surface area contributed by atoms with E-state index >= 15 is 0 Å². The summed E-state index contributed by atoms with van der Waals surface area (Å²) in [6.07, 6.45) is 0. The van der Waals surface area contributed by atoms with E-state index < -0.39 is 6.04 Å². The highest BCUT2D eigenvalue weighted by molar-refractivity contribution is 5.98. The van der Waals surface area contributed by atoms with E-state index in [1.54, 1.807) is 19.1 Å². The van der Waals surface area contributed by atoms with Gasteiger partial charge in [-0.15, -0.1) is 0 Å². The molecule has 3 N–H and O–H groups in total. The van der Waals surface area contributed by atoms with Gasteiger partial charge in [-0.2, -0.15) is 0 Å². The zero-order valence-corrected chi connectivity index (χ0v) is 13.3. The second kappa shape index (κ2) is 7.61. The van der Waals surface area contributed by atoms with Crippen LogP contribution < -0.4 is 16.0 Å². The van der Waals surface area contributed by atoms with Crippen molar-refractivity contribution in [2.24, 2.45) is 0 Å². The summed E-state index contributed by atoms with van der Waals surface area (Å²) >= 11 is 0. The van der Waals surface area contributed by atoms with E-state index in [1.807, 2.05) is 27.7 Å². The van der Waals surface area contributed by atoms with Crippen LogP contribution in [0.15, 0.2) is 12.1 Å². The van der Waals surface area contributed by atoms with Gasteiger partial charge < -0.3 is 16.0 Å². The molecule has 1 unspecified atom stereocenters. The van der Waals surface area contributed by atoms with Gasteiger partial charge in [-0.1, -0.05) is 0 Å². The van der Waals surface area contributed by atoms with Crippen LogP contribution >= 0.6 is 0 Å². The number of carbonyl (C=O) groups excluding carboxylic acids is 2. The number of pyridine rings is 1. The quantitative estimate of drug-likeness (QED) is 0.741. The molecule has 0 bridgehead atoms. The lowest BCUT2D eigenvalue weighted by Crippen LogP contribution is -2.46. The van der Waals surface area contributed by atoms with Gasteiger partial charge in [0, 0.05) is 23.8 Å². The number of anilines is 1. The third-order valence-electron chi connectivity index (χ3n) is 2.75. The maximum Gasteiger partial charge on any atom is 0.252 e. The predicted molar refractivity (Wildman–Crippen MR) is 83.3 cm³/mol. The number of nitrogens with one attached hydrogen (secondary N) is 3. The minimum absolute atomic E-state index is 0.0420. The van der Waals surface area contributed by atoms with Crippen molar-refractivity contribution in [1.29, 1.82) is 0 Å². The third-order valence-corrected chi connectivity index (χ3v) is 2.75. The molecule has 1 heterocycles. The monoisotopic (exact) mass is 292 g/mol. The van der Waals surface area contributed by atoms with Crippen molar-refractivity contribution in [2.45, 2.75) is 46.7 Å². The van der Waals surface area contributed by atoms with E-state index in [9.17, 15) is 9.59 Å². The van der Waals surface area contributed by atoms with Crippen molar-refractivity contribution in [1.82, 2.24) is 15.6 Å². The number of hydrogen-bond donors (Lipinski definition) is 3. The van der Waals surface area contributed by atoms with Gasteiger partial charge in [0.2, 0.25) is 5.91 Å². The molecular formula is C15H24N4O2. The van der Waals surface area contributed by atoms with Crippen molar-refractivity contribution in [3.05, 3.63) is 23.4 Å². The topological polar surface area (TPSA) is 83.1 Å². The second-order valence-electron chi connectivity index (χ2n) is 5.27. The molecule has 0 aliphatic carbocycles. The minimum atomic E-state index is -0.587. The van der Waals surface area contributed by atoms with Crippen LogP contribution in [0.4, 0.5) is 5.82 Å². The standard InChI is InChI=1S/C15H24N4O2/c1-6-16-13-8-12(7-10(4)18-13)15(21)19-11(5)14(20)17-9(2)3/h7-9,11H,6H2,1-5H3,(H,16,18)(H,17,20)(H,19,21). The van der Waals surface area contributed by atoms with Gasteiger partial charge in [0.15, 0.2) is 0 Å². The Labute approximate surface area is 125 Å². The SMILES string of the molecule is CCNc1cc(C(=O)NC(C)C(=O)NC(C)C)cc(C)n1. The van der Waals surface area contributed by atoms with Crippen LogP contribution in [-0.2, 0) is 4.79 Å². The zero-order chi connectivity index (χ0) is 16.0. The minimum Gasteiger partial charge on any atom is -0.370 e. The number of aromatic nitrogens is 1. The van der Waals surface area contributed by atoms with Gasteiger partial charge in [0.1, 0.15) is 11.9 Å². The first-order chi connectivity index (χ1) is 9.83. The molecule has 0 aliphatic heterocycles. The molecule has 0 saturated heterocycles. The molecule has 0 aliphatic rings. The molecule has 6 nitrogen and oxygen atoms in total. The first kappa shape index (κ1) is 16.9. The number of carbonyl (C=O) groups is 2. The van der Waals surface area contributed by atoms with E-state index in [1.165, 1.54) is 0 Å². The van der Waals surface area contributed by atoms with E-state index in [2.05, 4.69) is 20.9 Å². The molecule has 21 heavy (non-hydrogen) atoms. The highest BCUT2D eigenvalue weighted by Crippen LogP contribution is 2.10. The number of hydrogen-bond acceptors (Lipinski definition) is 4. The lowest BCUT2D eigenvalue weighted by atomic mass is 10.2. The lowest BCUT2D eigenvalue weighted by molar-refractivity contribution is -0.123. The summed E-state index contributed by atoms with van der Waals surface area (Å²) in [6.45, 7) is 9.93. The molecule has 1 rings (SSSR count). The summed E-state index contributed by atoms with van der Waals surface area (Å²) < 4.78 is 0. The highest BCUT2D eigenvalue weighted by Gasteiger charge is 2.17. The molecule has 0 aromatic carbocycles. The van der Waals surface area contributed by atoms with Crippen LogP contribution in [0.2, 0.25) is 0 Å². The van der Waals surface area contributed by atoms with Gasteiger partial charge in [-0.3, -0.25) is 9.59 Å². The van der Waals surface area contributed by atoms with Gasteiger partial charge in [0.25, 0.3) is 5.91 Å². The van der Waals surface area contributed by atoms with Crippen molar-refractivity contribution in [2.75, 3.05) is 11.9 Å². The molecule has 1 aromatic heterocycles. The second-order valence-corrected chi connectivity index (χ2v) is 5.27. The summed E-state index contributed by atoms with van der Waals surface area (Å²) in [7, 11) is 0. The number of nitrogens with zero attached hydrogens (tertiary/aromatic N) is 1. The normalized spacial score (nSPS) is 11.9. The van der Waals surface area contributed by atoms with Crippen molar-refractivity contribution >= 4 is 17.6 Å². The number of rotatable bonds is 6. The fraction of sp³-hybridized carbons (Fsp3) is 0.533. The molecule has 116 valence electrons. The van der Waals surface area contributed by atoms with Crippen LogP contribution in [-0.4, -0.2) is 35.4 Å². The van der Waals surface area contributed by atoms with Gasteiger partial charge in [-0.05, 0) is 46.8 Å². The van der Waals surface area contributed by atoms with Gasteiger partial charge in [-0.25, -0.2) is 4.98 Å². The Morgan fingerprint density at radius 1 is 1.19 bits per heavy atom. The number of amides is 2.